The fourth-order valence-electron chi connectivity index (χ4n) is 3.16. The van der Waals surface area contributed by atoms with Crippen molar-refractivity contribution in [1.82, 2.24) is 0 Å². The minimum Gasteiger partial charge on any atom is -0.748 e. The van der Waals surface area contributed by atoms with Crippen molar-refractivity contribution in [2.75, 3.05) is 191 Å². The van der Waals surface area contributed by atoms with Crippen LogP contribution < -0.4 is 29.6 Å². The van der Waals surface area contributed by atoms with Crippen LogP contribution in [0.4, 0.5) is 0 Å². The van der Waals surface area contributed by atoms with E-state index in [0.717, 1.165) is 0 Å². The van der Waals surface area contributed by atoms with Crippen LogP contribution in [-0.2, 0) is 76.4 Å². The normalized spacial score (nSPS) is 11.7. The van der Waals surface area contributed by atoms with Crippen LogP contribution >= 0.6 is 0 Å². The Bertz CT molecular complexity index is 712. The summed E-state index contributed by atoms with van der Waals surface area (Å²) in [6.07, 6.45) is 0. The predicted molar refractivity (Wildman–Crippen MR) is 172 cm³/mol. The third-order valence-electron chi connectivity index (χ3n) is 5.52. The van der Waals surface area contributed by atoms with E-state index in [2.05, 4.69) is 0 Å². The van der Waals surface area contributed by atoms with E-state index in [1.54, 1.807) is 0 Å². The number of rotatable bonds is 43. The van der Waals surface area contributed by atoms with Crippen molar-refractivity contribution in [3.05, 3.63) is 0 Å². The van der Waals surface area contributed by atoms with Crippen molar-refractivity contribution in [2.45, 2.75) is 6.92 Å². The molecular formula is C30H61NaO17S. The molecule has 0 aromatic carbocycles. The van der Waals surface area contributed by atoms with Gasteiger partial charge in [-0.05, 0) is 6.92 Å². The van der Waals surface area contributed by atoms with E-state index >= 15 is 0 Å². The van der Waals surface area contributed by atoms with E-state index in [1.165, 1.54) is 0 Å². The molecule has 49 heavy (non-hydrogen) atoms. The maximum absolute atomic E-state index is 10.4. The van der Waals surface area contributed by atoms with E-state index < -0.39 is 15.9 Å². The number of ether oxygens (including phenoxy) is 14. The van der Waals surface area contributed by atoms with Crippen LogP contribution in [0.5, 0.6) is 0 Å². The molecule has 19 heteroatoms. The largest absolute Gasteiger partial charge is 1.00 e. The van der Waals surface area contributed by atoms with Gasteiger partial charge in [-0.2, -0.15) is 0 Å². The van der Waals surface area contributed by atoms with Gasteiger partial charge < -0.3 is 70.9 Å². The van der Waals surface area contributed by atoms with Crippen LogP contribution in [-0.4, -0.2) is 204 Å². The Balaban J connectivity index is 0. The molecule has 0 aliphatic carbocycles. The Morgan fingerprint density at radius 2 is 0.449 bits per heavy atom. The standard InChI is InChI=1S/C30H62O17S.Na/c1-2-34-3-4-35-5-6-36-7-8-37-9-10-38-11-12-39-13-14-40-15-16-41-17-18-42-19-20-43-21-22-44-23-24-45-25-26-46-27-28-47-29-30-48(31,32)33;/h2-30H2,1H3,(H,31,32,33);/q;+1/p-1. The average molecular weight is 749 g/mol. The van der Waals surface area contributed by atoms with Gasteiger partial charge in [-0.25, -0.2) is 8.42 Å². The molecule has 0 fully saturated rings. The van der Waals surface area contributed by atoms with Gasteiger partial charge in [0.2, 0.25) is 0 Å². The van der Waals surface area contributed by atoms with Crippen molar-refractivity contribution < 1.29 is 109 Å². The molecule has 0 bridgehead atoms. The Morgan fingerprint density at radius 1 is 0.306 bits per heavy atom. The van der Waals surface area contributed by atoms with E-state index in [0.29, 0.717) is 172 Å². The Kier molecular flexibility index (Phi) is 46.7. The molecule has 0 aromatic heterocycles. The molecule has 0 rings (SSSR count). The van der Waals surface area contributed by atoms with Crippen LogP contribution in [0.15, 0.2) is 0 Å². The van der Waals surface area contributed by atoms with Crippen LogP contribution in [0.25, 0.3) is 0 Å². The zero-order valence-corrected chi connectivity index (χ0v) is 32.7. The monoisotopic (exact) mass is 748 g/mol. The molecule has 0 saturated carbocycles. The second-order valence-corrected chi connectivity index (χ2v) is 10.9. The molecule has 290 valence electrons. The second-order valence-electron chi connectivity index (χ2n) is 9.42. The summed E-state index contributed by atoms with van der Waals surface area (Å²) in [5.74, 6) is -0.538. The van der Waals surface area contributed by atoms with E-state index in [1.807, 2.05) is 6.92 Å². The molecule has 0 saturated heterocycles. The Hall–Kier alpha value is 0.350. The second kappa shape index (κ2) is 44.5. The average Bonchev–Trinajstić information content (AvgIpc) is 3.06. The van der Waals surface area contributed by atoms with Gasteiger partial charge >= 0.3 is 29.6 Å². The minimum atomic E-state index is -4.24. The molecule has 0 amide bonds. The first-order valence-corrected chi connectivity index (χ1v) is 18.2. The van der Waals surface area contributed by atoms with Crippen molar-refractivity contribution in [3.63, 3.8) is 0 Å². The molecule has 0 aliphatic heterocycles. The quantitative estimate of drug-likeness (QED) is 0.0344. The summed E-state index contributed by atoms with van der Waals surface area (Å²) in [4.78, 5) is 0. The predicted octanol–water partition coefficient (Wildman–Crippen LogP) is -3.21. The number of hydrogen-bond donors (Lipinski definition) is 0. The third kappa shape index (κ3) is 50.5. The van der Waals surface area contributed by atoms with Gasteiger partial charge in [0, 0.05) is 6.61 Å². The zero-order valence-electron chi connectivity index (χ0n) is 29.9. The molecule has 0 heterocycles. The first-order chi connectivity index (χ1) is 23.6. The summed E-state index contributed by atoms with van der Waals surface area (Å²) in [6, 6.07) is 0. The molecular weight excluding hydrogens is 687 g/mol. The Morgan fingerprint density at radius 3 is 0.592 bits per heavy atom. The van der Waals surface area contributed by atoms with Crippen molar-refractivity contribution in [2.24, 2.45) is 0 Å². The SMILES string of the molecule is CCOCCOCCOCCOCCOCCOCCOCCOCCOCCOCCOCCOCCOCCOCCS(=O)(=O)[O-].[Na+]. The van der Waals surface area contributed by atoms with Crippen molar-refractivity contribution >= 4 is 10.1 Å². The van der Waals surface area contributed by atoms with Gasteiger partial charge in [-0.3, -0.25) is 0 Å². The summed E-state index contributed by atoms with van der Waals surface area (Å²) in [5, 5.41) is 0. The Labute approximate surface area is 315 Å². The van der Waals surface area contributed by atoms with Crippen LogP contribution in [0.2, 0.25) is 0 Å². The molecule has 0 spiro atoms. The summed E-state index contributed by atoms with van der Waals surface area (Å²) in [5.41, 5.74) is 0. The summed E-state index contributed by atoms with van der Waals surface area (Å²) < 4.78 is 106. The topological polar surface area (TPSA) is 186 Å². The van der Waals surface area contributed by atoms with E-state index in [-0.39, 0.29) is 42.8 Å². The maximum Gasteiger partial charge on any atom is 1.00 e. The van der Waals surface area contributed by atoms with Gasteiger partial charge in [-0.15, -0.1) is 0 Å². The zero-order chi connectivity index (χ0) is 34.9. The van der Waals surface area contributed by atoms with Crippen LogP contribution in [0.3, 0.4) is 0 Å². The van der Waals surface area contributed by atoms with Crippen LogP contribution in [0, 0.1) is 0 Å². The smallest absolute Gasteiger partial charge is 0.748 e. The third-order valence-corrected chi connectivity index (χ3v) is 6.18. The van der Waals surface area contributed by atoms with Gasteiger partial charge in [0.25, 0.3) is 0 Å². The first kappa shape index (κ1) is 51.5. The first-order valence-electron chi connectivity index (χ1n) is 16.6. The maximum atomic E-state index is 10.4. The fourth-order valence-corrected chi connectivity index (χ4v) is 3.49. The molecule has 0 unspecified atom stereocenters. The summed E-state index contributed by atoms with van der Waals surface area (Å²) >= 11 is 0. The van der Waals surface area contributed by atoms with Gasteiger partial charge in [-0.1, -0.05) is 0 Å². The summed E-state index contributed by atoms with van der Waals surface area (Å²) in [7, 11) is -4.24. The van der Waals surface area contributed by atoms with E-state index in [4.69, 9.17) is 66.3 Å². The van der Waals surface area contributed by atoms with E-state index in [9.17, 15) is 13.0 Å². The number of hydrogen-bond acceptors (Lipinski definition) is 17. The molecule has 0 radical (unpaired) electrons. The molecule has 0 N–H and O–H groups in total. The molecule has 0 aliphatic rings. The molecule has 0 aromatic rings. The van der Waals surface area contributed by atoms with Gasteiger partial charge in [0.15, 0.2) is 0 Å². The van der Waals surface area contributed by atoms with Gasteiger partial charge in [0.05, 0.1) is 194 Å². The molecule has 17 nitrogen and oxygen atoms in total. The van der Waals surface area contributed by atoms with Crippen LogP contribution in [0.1, 0.15) is 6.92 Å². The van der Waals surface area contributed by atoms with Crippen molar-refractivity contribution in [1.29, 1.82) is 0 Å². The summed E-state index contributed by atoms with van der Waals surface area (Å²) in [6.45, 7) is 14.8. The minimum absolute atomic E-state index is 0. The van der Waals surface area contributed by atoms with Gasteiger partial charge in [0.1, 0.15) is 0 Å². The van der Waals surface area contributed by atoms with Crippen molar-refractivity contribution in [3.8, 4) is 0 Å². The fraction of sp³-hybridized carbons (Fsp3) is 1.00. The molecule has 0 atom stereocenters.